The second-order valence-corrected chi connectivity index (χ2v) is 18.9. The quantitative estimate of drug-likeness (QED) is 0.0436. The second kappa shape index (κ2) is 25.6. The first-order valence-corrected chi connectivity index (χ1v) is 23.5. The van der Waals surface area contributed by atoms with E-state index in [1.165, 1.54) is 25.1 Å². The second-order valence-electron chi connectivity index (χ2n) is 15.4. The molecule has 28 heteroatoms. The van der Waals surface area contributed by atoms with E-state index in [0.717, 1.165) is 67.1 Å². The number of alkyl halides is 6. The van der Waals surface area contributed by atoms with Crippen LogP contribution in [0.15, 0.2) is 60.7 Å². The summed E-state index contributed by atoms with van der Waals surface area (Å²) in [5.41, 5.74) is 2.59. The van der Waals surface area contributed by atoms with Gasteiger partial charge in [0, 0.05) is 41.4 Å². The number of carboxylic acid groups (broad SMARTS) is 1. The zero-order chi connectivity index (χ0) is 53.0. The lowest BCUT2D eigenvalue weighted by molar-refractivity contribution is -0.141. The summed E-state index contributed by atoms with van der Waals surface area (Å²) in [6.45, 7) is 9.91. The predicted octanol–water partition coefficient (Wildman–Crippen LogP) is 9.26. The zero-order valence-electron chi connectivity index (χ0n) is 38.1. The first-order chi connectivity index (χ1) is 31.5. The number of carbonyl (C=O) groups is 2. The lowest BCUT2D eigenvalue weighted by atomic mass is 10.1. The number of carboxylic acids is 1. The highest BCUT2D eigenvalue weighted by atomic mass is 35.5. The number of hydrogen-bond donors (Lipinski definition) is 7. The number of nitrogens with one attached hydrogen (secondary N) is 5. The van der Waals surface area contributed by atoms with Gasteiger partial charge in [-0.05, 0) is 113 Å². The van der Waals surface area contributed by atoms with Gasteiger partial charge >= 0.3 is 18.3 Å². The van der Waals surface area contributed by atoms with Crippen LogP contribution in [0.4, 0.5) is 66.9 Å². The van der Waals surface area contributed by atoms with Gasteiger partial charge in [-0.25, -0.2) is 49.2 Å². The Morgan fingerprint density at radius 2 is 0.971 bits per heavy atom. The molecule has 70 heavy (non-hydrogen) atoms. The minimum absolute atomic E-state index is 0. The lowest BCUT2D eigenvalue weighted by Crippen LogP contribution is -2.25. The van der Waals surface area contributed by atoms with Gasteiger partial charge in [0.15, 0.2) is 23.3 Å². The van der Waals surface area contributed by atoms with Gasteiger partial charge in [0.05, 0.1) is 18.6 Å². The summed E-state index contributed by atoms with van der Waals surface area (Å²) in [5, 5.41) is 16.5. The minimum Gasteiger partial charge on any atom is -0.478 e. The van der Waals surface area contributed by atoms with Gasteiger partial charge in [0.2, 0.25) is 26.0 Å². The predicted molar refractivity (Wildman–Crippen MR) is 248 cm³/mol. The van der Waals surface area contributed by atoms with Crippen molar-refractivity contribution >= 4 is 79.5 Å². The standard InChI is InChI=1S/C21H23F5N4O3S.C12H13F3N2O2.C9H12F2N2O2S.ClH/c1-11(2)27-20-13(5-7-17(29-20)21(24,25)26)6-8-18(31)28-12(3)14-9-15(22)19(16(23)10-14)30-34(4,32)33;1-7(2)16-11-8(4-6-10(18)19)3-5-9(17-11)12(13,14)15;1-5(12)6-3-7(10)9(8(11)4-6)13-16(2,14)15;/h5-12,30H,1-4H3,(H,27,29)(H,28,31);3-7H,1-2H3,(H,16,17)(H,18,19);3-5,13H,12H2,1-2H3;1H/b8-6+;6-4+;;/t12-;;5-;/m1.1./s1. The SMILES string of the molecule is CC(C)Nc1nc(C(F)(F)F)ccc1/C=C/C(=O)N[C@H](C)c1cc(F)c(NS(C)(=O)=O)c(F)c1.CC(C)Nc1nc(C(F)(F)F)ccc1/C=C/C(=O)O.C[C@@H](N)c1cc(F)c(NS(C)(=O)=O)c(F)c1.Cl. The van der Waals surface area contributed by atoms with Gasteiger partial charge in [-0.3, -0.25) is 14.2 Å². The van der Waals surface area contributed by atoms with Gasteiger partial charge in [-0.15, -0.1) is 12.4 Å². The molecule has 0 radical (unpaired) electrons. The average Bonchev–Trinajstić information content (AvgIpc) is 3.18. The summed E-state index contributed by atoms with van der Waals surface area (Å²) in [6, 6.07) is 5.90. The van der Waals surface area contributed by atoms with E-state index in [-0.39, 0.29) is 58.4 Å². The van der Waals surface area contributed by atoms with Crippen LogP contribution in [-0.4, -0.2) is 68.4 Å². The highest BCUT2D eigenvalue weighted by Crippen LogP contribution is 2.32. The number of aliphatic carboxylic acids is 1. The van der Waals surface area contributed by atoms with E-state index in [1.54, 1.807) is 44.1 Å². The molecule has 0 aliphatic rings. The molecule has 0 aliphatic heterocycles. The number of pyridine rings is 2. The number of nitrogens with two attached hydrogens (primary N) is 1. The van der Waals surface area contributed by atoms with Crippen LogP contribution in [0.3, 0.4) is 0 Å². The molecule has 2 aromatic carbocycles. The van der Waals surface area contributed by atoms with Crippen molar-refractivity contribution < 1.29 is 75.4 Å². The molecule has 0 unspecified atom stereocenters. The van der Waals surface area contributed by atoms with Crippen molar-refractivity contribution in [1.82, 2.24) is 15.3 Å². The Balaban J connectivity index is 0.000000574. The fourth-order valence-electron chi connectivity index (χ4n) is 5.24. The van der Waals surface area contributed by atoms with Crippen LogP contribution in [0.1, 0.15) is 87.3 Å². The first kappa shape index (κ1) is 61.8. The highest BCUT2D eigenvalue weighted by molar-refractivity contribution is 7.92. The van der Waals surface area contributed by atoms with Gasteiger partial charge in [-0.1, -0.05) is 0 Å². The molecule has 2 atom stereocenters. The maximum Gasteiger partial charge on any atom is 0.433 e. The van der Waals surface area contributed by atoms with Crippen LogP contribution >= 0.6 is 12.4 Å². The third kappa shape index (κ3) is 21.2. The van der Waals surface area contributed by atoms with Crippen molar-refractivity contribution in [2.75, 3.05) is 32.6 Å². The van der Waals surface area contributed by atoms with Crippen LogP contribution in [0, 0.1) is 23.3 Å². The van der Waals surface area contributed by atoms with E-state index in [2.05, 4.69) is 25.9 Å². The van der Waals surface area contributed by atoms with Gasteiger partial charge in [0.1, 0.15) is 34.4 Å². The van der Waals surface area contributed by atoms with E-state index >= 15 is 0 Å². The number of nitrogens with zero attached hydrogens (tertiary/aromatic N) is 2. The first-order valence-electron chi connectivity index (χ1n) is 19.8. The summed E-state index contributed by atoms with van der Waals surface area (Å²) in [5.74, 6) is -6.26. The number of sulfonamides is 2. The number of hydrogen-bond acceptors (Lipinski definition) is 11. The highest BCUT2D eigenvalue weighted by Gasteiger charge is 2.34. The van der Waals surface area contributed by atoms with Crippen LogP contribution < -0.4 is 31.1 Å². The fraction of sp³-hybridized carbons (Fsp3) is 0.333. The molecule has 8 N–H and O–H groups in total. The van der Waals surface area contributed by atoms with Crippen molar-refractivity contribution in [1.29, 1.82) is 0 Å². The number of aromatic nitrogens is 2. The number of rotatable bonds is 15. The molecule has 0 bridgehead atoms. The molecule has 0 aliphatic carbocycles. The topological polar surface area (TPSA) is 235 Å². The molecule has 0 saturated carbocycles. The molecular weight excluding hydrogens is 1020 g/mol. The molecule has 1 amide bonds. The monoisotopic (exact) mass is 1070 g/mol. The van der Waals surface area contributed by atoms with Crippen molar-refractivity contribution in [2.24, 2.45) is 5.73 Å². The Hall–Kier alpha value is -6.19. The van der Waals surface area contributed by atoms with Crippen LogP contribution in [0.2, 0.25) is 0 Å². The molecule has 388 valence electrons. The molecule has 15 nitrogen and oxygen atoms in total. The smallest absolute Gasteiger partial charge is 0.433 e. The molecule has 4 aromatic rings. The Bertz CT molecular complexity index is 2710. The van der Waals surface area contributed by atoms with Crippen molar-refractivity contribution in [3.63, 3.8) is 0 Å². The summed E-state index contributed by atoms with van der Waals surface area (Å²) in [7, 11) is -7.63. The Labute approximate surface area is 403 Å². The maximum atomic E-state index is 14.2. The Morgan fingerprint density at radius 1 is 0.629 bits per heavy atom. The molecule has 0 saturated heterocycles. The molecule has 2 heterocycles. The molecule has 0 spiro atoms. The minimum atomic E-state index is -4.64. The van der Waals surface area contributed by atoms with Crippen LogP contribution in [0.25, 0.3) is 12.2 Å². The van der Waals surface area contributed by atoms with Gasteiger partial charge < -0.3 is 26.8 Å². The fourth-order valence-corrected chi connectivity index (χ4v) is 6.37. The molecule has 0 fully saturated rings. The number of anilines is 4. The van der Waals surface area contributed by atoms with E-state index in [0.29, 0.717) is 0 Å². The normalized spacial score (nSPS) is 12.8. The average molecular weight is 1070 g/mol. The van der Waals surface area contributed by atoms with Crippen molar-refractivity contribution in [3.05, 3.63) is 118 Å². The third-order valence-corrected chi connectivity index (χ3v) is 9.34. The third-order valence-electron chi connectivity index (χ3n) is 8.19. The maximum absolute atomic E-state index is 14.2. The number of carbonyl (C=O) groups excluding carboxylic acids is 1. The summed E-state index contributed by atoms with van der Waals surface area (Å²) in [4.78, 5) is 29.8. The molecule has 4 rings (SSSR count). The van der Waals surface area contributed by atoms with E-state index in [1.807, 2.05) is 0 Å². The van der Waals surface area contributed by atoms with E-state index in [4.69, 9.17) is 10.8 Å². The Kier molecular flexibility index (Phi) is 22.6. The van der Waals surface area contributed by atoms with Crippen molar-refractivity contribution in [3.8, 4) is 0 Å². The van der Waals surface area contributed by atoms with Crippen LogP contribution in [-0.2, 0) is 42.0 Å². The van der Waals surface area contributed by atoms with Gasteiger partial charge in [0.25, 0.3) is 0 Å². The summed E-state index contributed by atoms with van der Waals surface area (Å²) < 4.78 is 179. The summed E-state index contributed by atoms with van der Waals surface area (Å²) >= 11 is 0. The lowest BCUT2D eigenvalue weighted by Gasteiger charge is -2.16. The van der Waals surface area contributed by atoms with Crippen LogP contribution in [0.5, 0.6) is 0 Å². The number of halogens is 11. The number of benzene rings is 2. The van der Waals surface area contributed by atoms with Gasteiger partial charge in [-0.2, -0.15) is 26.3 Å². The molecule has 2 aromatic heterocycles. The van der Waals surface area contributed by atoms with E-state index in [9.17, 15) is 70.3 Å². The van der Waals surface area contributed by atoms with E-state index < -0.39 is 102 Å². The zero-order valence-corrected chi connectivity index (χ0v) is 40.6. The Morgan fingerprint density at radius 3 is 1.27 bits per heavy atom. The molecular formula is C42H49ClF10N8O7S2. The number of amides is 1. The summed E-state index contributed by atoms with van der Waals surface area (Å²) in [6.07, 6.45) is -3.30. The van der Waals surface area contributed by atoms with Crippen molar-refractivity contribution in [2.45, 2.75) is 78.1 Å². The largest absolute Gasteiger partial charge is 0.478 e.